The summed E-state index contributed by atoms with van der Waals surface area (Å²) in [7, 11) is 0. The summed E-state index contributed by atoms with van der Waals surface area (Å²) in [5, 5.41) is 4.11. The number of anilines is 2. The Labute approximate surface area is 128 Å². The Morgan fingerprint density at radius 2 is 2.24 bits per heavy atom. The van der Waals surface area contributed by atoms with E-state index < -0.39 is 0 Å². The average Bonchev–Trinajstić information content (AvgIpc) is 2.77. The van der Waals surface area contributed by atoms with Crippen LogP contribution in [0.4, 0.5) is 10.9 Å². The Hall–Kier alpha value is -1.34. The zero-order valence-corrected chi connectivity index (χ0v) is 13.3. The van der Waals surface area contributed by atoms with E-state index in [1.807, 2.05) is 18.7 Å². The number of thiazole rings is 1. The third kappa shape index (κ3) is 2.98. The van der Waals surface area contributed by atoms with Crippen molar-refractivity contribution in [1.29, 1.82) is 0 Å². The number of aromatic nitrogens is 1. The minimum absolute atomic E-state index is 0.0330. The molecule has 1 aliphatic carbocycles. The van der Waals surface area contributed by atoms with Gasteiger partial charge in [0, 0.05) is 12.6 Å². The maximum Gasteiger partial charge on any atom is 0.268 e. The summed E-state index contributed by atoms with van der Waals surface area (Å²) in [6.45, 7) is 5.14. The molecule has 0 radical (unpaired) electrons. The van der Waals surface area contributed by atoms with Gasteiger partial charge in [0.25, 0.3) is 5.91 Å². The Morgan fingerprint density at radius 1 is 1.48 bits per heavy atom. The van der Waals surface area contributed by atoms with Gasteiger partial charge in [-0.25, -0.2) is 4.98 Å². The molecule has 1 aliphatic heterocycles. The fourth-order valence-corrected chi connectivity index (χ4v) is 3.51. The van der Waals surface area contributed by atoms with E-state index in [0.29, 0.717) is 29.9 Å². The molecule has 1 saturated heterocycles. The number of morpholine rings is 1. The van der Waals surface area contributed by atoms with Crippen LogP contribution >= 0.6 is 11.3 Å². The topological polar surface area (TPSA) is 80.5 Å². The van der Waals surface area contributed by atoms with Crippen molar-refractivity contribution >= 4 is 28.2 Å². The van der Waals surface area contributed by atoms with Gasteiger partial charge in [0.2, 0.25) is 0 Å². The first-order valence-corrected chi connectivity index (χ1v) is 8.31. The summed E-state index contributed by atoms with van der Waals surface area (Å²) in [6, 6.07) is 0.555. The summed E-state index contributed by atoms with van der Waals surface area (Å²) in [5.74, 6) is 0.299. The summed E-state index contributed by atoms with van der Waals surface area (Å²) in [5.41, 5.74) is 5.94. The van der Waals surface area contributed by atoms with Crippen molar-refractivity contribution in [1.82, 2.24) is 9.88 Å². The van der Waals surface area contributed by atoms with E-state index >= 15 is 0 Å². The van der Waals surface area contributed by atoms with E-state index in [9.17, 15) is 4.79 Å². The maximum atomic E-state index is 12.7. The molecule has 2 atom stereocenters. The number of nitrogens with zero attached hydrogens (tertiary/aromatic N) is 2. The highest BCUT2D eigenvalue weighted by atomic mass is 32.1. The molecule has 2 heterocycles. The van der Waals surface area contributed by atoms with Crippen LogP contribution < -0.4 is 11.1 Å². The van der Waals surface area contributed by atoms with Crippen LogP contribution in [0.15, 0.2) is 0 Å². The van der Waals surface area contributed by atoms with Crippen LogP contribution in [-0.2, 0) is 4.74 Å². The molecule has 1 saturated carbocycles. The summed E-state index contributed by atoms with van der Waals surface area (Å²) in [6.07, 6.45) is 3.65. The molecule has 1 aromatic rings. The average molecular weight is 310 g/mol. The van der Waals surface area contributed by atoms with Crippen molar-refractivity contribution in [3.05, 3.63) is 4.88 Å². The molecular formula is C14H22N4O2S. The normalized spacial score (nSPS) is 26.5. The highest BCUT2D eigenvalue weighted by Gasteiger charge is 2.31. The van der Waals surface area contributed by atoms with Gasteiger partial charge >= 0.3 is 0 Å². The van der Waals surface area contributed by atoms with E-state index in [2.05, 4.69) is 10.3 Å². The van der Waals surface area contributed by atoms with Crippen LogP contribution in [0, 0.1) is 0 Å². The SMILES string of the molecule is CC1CN(C(=O)c2sc(NC3CCC3)nc2N)C(C)CO1. The summed E-state index contributed by atoms with van der Waals surface area (Å²) in [4.78, 5) is 19.4. The van der Waals surface area contributed by atoms with E-state index in [4.69, 9.17) is 10.5 Å². The number of nitrogen functional groups attached to an aromatic ring is 1. The lowest BCUT2D eigenvalue weighted by Gasteiger charge is -2.36. The number of hydrogen-bond acceptors (Lipinski definition) is 6. The van der Waals surface area contributed by atoms with Gasteiger partial charge in [-0.05, 0) is 33.1 Å². The van der Waals surface area contributed by atoms with Gasteiger partial charge < -0.3 is 20.7 Å². The Balaban J connectivity index is 1.73. The largest absolute Gasteiger partial charge is 0.382 e. The van der Waals surface area contributed by atoms with E-state index in [-0.39, 0.29) is 18.1 Å². The van der Waals surface area contributed by atoms with Crippen molar-refractivity contribution in [2.45, 2.75) is 51.3 Å². The van der Waals surface area contributed by atoms with Gasteiger partial charge in [0.05, 0.1) is 18.8 Å². The molecule has 3 rings (SSSR count). The minimum Gasteiger partial charge on any atom is -0.382 e. The predicted molar refractivity (Wildman–Crippen MR) is 83.7 cm³/mol. The van der Waals surface area contributed by atoms with Crippen LogP contribution in [-0.4, -0.2) is 47.1 Å². The second kappa shape index (κ2) is 5.81. The lowest BCUT2D eigenvalue weighted by atomic mass is 9.93. The molecular weight excluding hydrogens is 288 g/mol. The second-order valence-electron chi connectivity index (χ2n) is 5.96. The highest BCUT2D eigenvalue weighted by Crippen LogP contribution is 2.31. The van der Waals surface area contributed by atoms with Crippen LogP contribution in [0.25, 0.3) is 0 Å². The van der Waals surface area contributed by atoms with Crippen molar-refractivity contribution < 1.29 is 9.53 Å². The van der Waals surface area contributed by atoms with E-state index in [1.54, 1.807) is 0 Å². The molecule has 0 spiro atoms. The number of carbonyl (C=O) groups is 1. The van der Waals surface area contributed by atoms with Crippen LogP contribution in [0.2, 0.25) is 0 Å². The zero-order valence-electron chi connectivity index (χ0n) is 12.5. The number of amides is 1. The van der Waals surface area contributed by atoms with Crippen LogP contribution in [0.3, 0.4) is 0 Å². The molecule has 1 aromatic heterocycles. The maximum absolute atomic E-state index is 12.7. The number of carbonyl (C=O) groups excluding carboxylic acids is 1. The first-order valence-electron chi connectivity index (χ1n) is 7.50. The minimum atomic E-state index is -0.0330. The molecule has 7 heteroatoms. The van der Waals surface area contributed by atoms with Crippen molar-refractivity contribution in [2.75, 3.05) is 24.2 Å². The zero-order chi connectivity index (χ0) is 15.0. The molecule has 2 unspecified atom stereocenters. The summed E-state index contributed by atoms with van der Waals surface area (Å²) < 4.78 is 5.57. The predicted octanol–water partition coefficient (Wildman–Crippen LogP) is 1.94. The molecule has 2 aliphatic rings. The number of nitrogens with one attached hydrogen (secondary N) is 1. The van der Waals surface area contributed by atoms with Crippen LogP contribution in [0.5, 0.6) is 0 Å². The quantitative estimate of drug-likeness (QED) is 0.892. The van der Waals surface area contributed by atoms with E-state index in [1.165, 1.54) is 30.6 Å². The molecule has 21 heavy (non-hydrogen) atoms. The highest BCUT2D eigenvalue weighted by molar-refractivity contribution is 7.18. The molecule has 6 nitrogen and oxygen atoms in total. The monoisotopic (exact) mass is 310 g/mol. The third-order valence-corrected chi connectivity index (χ3v) is 5.14. The molecule has 2 fully saturated rings. The van der Waals surface area contributed by atoms with Gasteiger partial charge in [-0.2, -0.15) is 0 Å². The molecule has 3 N–H and O–H groups in total. The molecule has 0 aromatic carbocycles. The van der Waals surface area contributed by atoms with Gasteiger partial charge in [-0.15, -0.1) is 0 Å². The van der Waals surface area contributed by atoms with Crippen molar-refractivity contribution in [2.24, 2.45) is 0 Å². The standard InChI is InChI=1S/C14H22N4O2S/c1-8-7-20-9(2)6-18(8)13(19)11-12(15)17-14(21-11)16-10-4-3-5-10/h8-10H,3-7,15H2,1-2H3,(H,16,17). The lowest BCUT2D eigenvalue weighted by molar-refractivity contribution is -0.0385. The number of hydrogen-bond donors (Lipinski definition) is 2. The fourth-order valence-electron chi connectivity index (χ4n) is 2.59. The third-order valence-electron chi connectivity index (χ3n) is 4.15. The first-order chi connectivity index (χ1) is 10.0. The van der Waals surface area contributed by atoms with Gasteiger partial charge in [-0.3, -0.25) is 4.79 Å². The van der Waals surface area contributed by atoms with Crippen molar-refractivity contribution in [3.8, 4) is 0 Å². The first kappa shape index (κ1) is 14.6. The molecule has 116 valence electrons. The number of rotatable bonds is 3. The second-order valence-corrected chi connectivity index (χ2v) is 6.96. The Bertz CT molecular complexity index is 529. The summed E-state index contributed by atoms with van der Waals surface area (Å²) >= 11 is 1.36. The van der Waals surface area contributed by atoms with Crippen LogP contribution in [0.1, 0.15) is 42.8 Å². The molecule has 1 amide bonds. The Morgan fingerprint density at radius 3 is 2.90 bits per heavy atom. The smallest absolute Gasteiger partial charge is 0.268 e. The Kier molecular flexibility index (Phi) is 4.03. The van der Waals surface area contributed by atoms with Gasteiger partial charge in [-0.1, -0.05) is 11.3 Å². The van der Waals surface area contributed by atoms with Gasteiger partial charge in [0.15, 0.2) is 5.13 Å². The molecule has 0 bridgehead atoms. The lowest BCUT2D eigenvalue weighted by Crippen LogP contribution is -2.50. The number of ether oxygens (including phenoxy) is 1. The van der Waals surface area contributed by atoms with E-state index in [0.717, 1.165) is 5.13 Å². The van der Waals surface area contributed by atoms with Crippen molar-refractivity contribution in [3.63, 3.8) is 0 Å². The fraction of sp³-hybridized carbons (Fsp3) is 0.714. The number of nitrogens with two attached hydrogens (primary N) is 1. The van der Waals surface area contributed by atoms with Gasteiger partial charge in [0.1, 0.15) is 10.7 Å².